The van der Waals surface area contributed by atoms with E-state index in [1.54, 1.807) is 6.07 Å². The van der Waals surface area contributed by atoms with Crippen LogP contribution in [0.5, 0.6) is 0 Å². The second kappa shape index (κ2) is 5.51. The second-order valence-corrected chi connectivity index (χ2v) is 4.15. The van der Waals surface area contributed by atoms with Gasteiger partial charge in [-0.25, -0.2) is 0 Å². The van der Waals surface area contributed by atoms with Crippen LogP contribution in [0.4, 0.5) is 13.2 Å². The number of halogens is 3. The minimum atomic E-state index is -4.31. The molecule has 0 aromatic heterocycles. The molecule has 0 radical (unpaired) electrons. The number of benzene rings is 1. The van der Waals surface area contributed by atoms with Gasteiger partial charge in [0.1, 0.15) is 0 Å². The molecular weight excluding hydrogens is 229 g/mol. The van der Waals surface area contributed by atoms with Gasteiger partial charge in [-0.2, -0.15) is 13.2 Å². The van der Waals surface area contributed by atoms with Gasteiger partial charge in [-0.05, 0) is 23.6 Å². The van der Waals surface area contributed by atoms with Gasteiger partial charge in [-0.15, -0.1) is 0 Å². The van der Waals surface area contributed by atoms with Gasteiger partial charge in [0.05, 0.1) is 5.56 Å². The standard InChI is InChI=1S/C12H17F3N2/c1-3-8(2)11(17-16)9-5-4-6-10(7-9)12(13,14)15/h4-8,11,17H,3,16H2,1-2H3. The van der Waals surface area contributed by atoms with Gasteiger partial charge in [0.25, 0.3) is 0 Å². The summed E-state index contributed by atoms with van der Waals surface area (Å²) < 4.78 is 37.7. The Hall–Kier alpha value is -1.07. The predicted molar refractivity (Wildman–Crippen MR) is 61.0 cm³/mol. The topological polar surface area (TPSA) is 38.0 Å². The first-order valence-corrected chi connectivity index (χ1v) is 5.53. The number of nitrogens with one attached hydrogen (secondary N) is 1. The fraction of sp³-hybridized carbons (Fsp3) is 0.500. The lowest BCUT2D eigenvalue weighted by molar-refractivity contribution is -0.137. The van der Waals surface area contributed by atoms with Gasteiger partial charge in [-0.3, -0.25) is 11.3 Å². The summed E-state index contributed by atoms with van der Waals surface area (Å²) in [4.78, 5) is 0. The van der Waals surface area contributed by atoms with Crippen LogP contribution in [0, 0.1) is 5.92 Å². The van der Waals surface area contributed by atoms with E-state index in [2.05, 4.69) is 5.43 Å². The van der Waals surface area contributed by atoms with Gasteiger partial charge in [0.15, 0.2) is 0 Å². The van der Waals surface area contributed by atoms with Gasteiger partial charge in [0, 0.05) is 6.04 Å². The Balaban J connectivity index is 3.05. The van der Waals surface area contributed by atoms with Crippen molar-refractivity contribution in [3.8, 4) is 0 Å². The molecule has 0 bridgehead atoms. The van der Waals surface area contributed by atoms with Crippen molar-refractivity contribution < 1.29 is 13.2 Å². The Morgan fingerprint density at radius 3 is 2.47 bits per heavy atom. The number of alkyl halides is 3. The van der Waals surface area contributed by atoms with E-state index in [0.717, 1.165) is 18.6 Å². The molecule has 2 unspecified atom stereocenters. The van der Waals surface area contributed by atoms with Crippen LogP contribution in [0.3, 0.4) is 0 Å². The molecule has 0 saturated carbocycles. The van der Waals surface area contributed by atoms with Crippen molar-refractivity contribution in [3.05, 3.63) is 35.4 Å². The minimum absolute atomic E-state index is 0.170. The molecule has 17 heavy (non-hydrogen) atoms. The maximum absolute atomic E-state index is 12.6. The van der Waals surface area contributed by atoms with Crippen LogP contribution in [0.2, 0.25) is 0 Å². The van der Waals surface area contributed by atoms with Crippen molar-refractivity contribution >= 4 is 0 Å². The molecule has 5 heteroatoms. The van der Waals surface area contributed by atoms with Gasteiger partial charge < -0.3 is 0 Å². The average Bonchev–Trinajstić information content (AvgIpc) is 2.29. The Morgan fingerprint density at radius 2 is 2.00 bits per heavy atom. The zero-order valence-electron chi connectivity index (χ0n) is 9.88. The van der Waals surface area contributed by atoms with E-state index in [-0.39, 0.29) is 12.0 Å². The number of hydrazine groups is 1. The van der Waals surface area contributed by atoms with Gasteiger partial charge in [0.2, 0.25) is 0 Å². The highest BCUT2D eigenvalue weighted by atomic mass is 19.4. The van der Waals surface area contributed by atoms with Crippen LogP contribution in [-0.2, 0) is 6.18 Å². The first kappa shape index (κ1) is 14.0. The van der Waals surface area contributed by atoms with Gasteiger partial charge in [-0.1, -0.05) is 32.4 Å². The first-order chi connectivity index (χ1) is 7.90. The third-order valence-electron chi connectivity index (χ3n) is 2.97. The van der Waals surface area contributed by atoms with E-state index in [1.165, 1.54) is 6.07 Å². The van der Waals surface area contributed by atoms with Crippen LogP contribution in [-0.4, -0.2) is 0 Å². The van der Waals surface area contributed by atoms with Crippen LogP contribution >= 0.6 is 0 Å². The van der Waals surface area contributed by atoms with Crippen molar-refractivity contribution in [1.82, 2.24) is 5.43 Å². The number of hydrogen-bond donors (Lipinski definition) is 2. The molecule has 0 saturated heterocycles. The first-order valence-electron chi connectivity index (χ1n) is 5.53. The summed E-state index contributed by atoms with van der Waals surface area (Å²) in [5, 5.41) is 0. The molecule has 1 rings (SSSR count). The molecule has 0 amide bonds. The third-order valence-corrected chi connectivity index (χ3v) is 2.97. The Morgan fingerprint density at radius 1 is 1.35 bits per heavy atom. The quantitative estimate of drug-likeness (QED) is 0.632. The number of nitrogens with two attached hydrogens (primary N) is 1. The molecule has 0 fully saturated rings. The number of hydrogen-bond acceptors (Lipinski definition) is 2. The summed E-state index contributed by atoms with van der Waals surface area (Å²) >= 11 is 0. The summed E-state index contributed by atoms with van der Waals surface area (Å²) in [5.74, 6) is 5.58. The van der Waals surface area contributed by atoms with Crippen molar-refractivity contribution in [2.45, 2.75) is 32.5 Å². The molecule has 2 atom stereocenters. The van der Waals surface area contributed by atoms with E-state index in [1.807, 2.05) is 13.8 Å². The molecule has 3 N–H and O–H groups in total. The molecule has 1 aromatic rings. The largest absolute Gasteiger partial charge is 0.416 e. The molecule has 1 aromatic carbocycles. The molecule has 0 aliphatic heterocycles. The van der Waals surface area contributed by atoms with E-state index < -0.39 is 11.7 Å². The molecular formula is C12H17F3N2. The summed E-state index contributed by atoms with van der Waals surface area (Å²) in [7, 11) is 0. The molecule has 0 aliphatic rings. The lowest BCUT2D eigenvalue weighted by Gasteiger charge is -2.23. The SMILES string of the molecule is CCC(C)C(NN)c1cccc(C(F)(F)F)c1. The van der Waals surface area contributed by atoms with Crippen LogP contribution < -0.4 is 11.3 Å². The zero-order chi connectivity index (χ0) is 13.1. The summed E-state index contributed by atoms with van der Waals surface area (Å²) in [6.45, 7) is 3.92. The maximum Gasteiger partial charge on any atom is 0.416 e. The van der Waals surface area contributed by atoms with Crippen molar-refractivity contribution in [2.75, 3.05) is 0 Å². The Bertz CT molecular complexity index is 363. The van der Waals surface area contributed by atoms with E-state index in [9.17, 15) is 13.2 Å². The molecule has 0 heterocycles. The fourth-order valence-corrected chi connectivity index (χ4v) is 1.73. The fourth-order valence-electron chi connectivity index (χ4n) is 1.73. The molecule has 0 aliphatic carbocycles. The monoisotopic (exact) mass is 246 g/mol. The highest BCUT2D eigenvalue weighted by Crippen LogP contribution is 2.32. The highest BCUT2D eigenvalue weighted by Gasteiger charge is 2.31. The van der Waals surface area contributed by atoms with Crippen molar-refractivity contribution in [3.63, 3.8) is 0 Å². The van der Waals surface area contributed by atoms with Crippen LogP contribution in [0.15, 0.2) is 24.3 Å². The second-order valence-electron chi connectivity index (χ2n) is 4.15. The zero-order valence-corrected chi connectivity index (χ0v) is 9.88. The maximum atomic E-state index is 12.6. The summed E-state index contributed by atoms with van der Waals surface area (Å²) in [6, 6.07) is 5.02. The van der Waals surface area contributed by atoms with E-state index >= 15 is 0 Å². The summed E-state index contributed by atoms with van der Waals surface area (Å²) in [5.41, 5.74) is 2.51. The average molecular weight is 246 g/mol. The van der Waals surface area contributed by atoms with E-state index in [0.29, 0.717) is 5.56 Å². The predicted octanol–water partition coefficient (Wildman–Crippen LogP) is 3.26. The normalized spacial score (nSPS) is 15.6. The van der Waals surface area contributed by atoms with Crippen molar-refractivity contribution in [1.29, 1.82) is 0 Å². The molecule has 0 spiro atoms. The van der Waals surface area contributed by atoms with E-state index in [4.69, 9.17) is 5.84 Å². The molecule has 96 valence electrons. The lowest BCUT2D eigenvalue weighted by Crippen LogP contribution is -2.32. The smallest absolute Gasteiger partial charge is 0.271 e. The number of rotatable bonds is 4. The highest BCUT2D eigenvalue weighted by molar-refractivity contribution is 5.28. The Labute approximate surface area is 99.0 Å². The van der Waals surface area contributed by atoms with Gasteiger partial charge >= 0.3 is 6.18 Å². The third kappa shape index (κ3) is 3.44. The lowest BCUT2D eigenvalue weighted by atomic mass is 9.92. The molecule has 2 nitrogen and oxygen atoms in total. The Kier molecular flexibility index (Phi) is 4.54. The van der Waals surface area contributed by atoms with Crippen LogP contribution in [0.1, 0.15) is 37.4 Å². The van der Waals surface area contributed by atoms with Crippen molar-refractivity contribution in [2.24, 2.45) is 11.8 Å². The summed E-state index contributed by atoms with van der Waals surface area (Å²) in [6.07, 6.45) is -3.48. The van der Waals surface area contributed by atoms with Crippen LogP contribution in [0.25, 0.3) is 0 Å². The minimum Gasteiger partial charge on any atom is -0.271 e.